The molecule has 0 N–H and O–H groups in total. The first-order valence-corrected chi connectivity index (χ1v) is 18.6. The van der Waals surface area contributed by atoms with E-state index in [0.29, 0.717) is 0 Å². The molecule has 0 unspecified atom stereocenters. The molecule has 0 bridgehead atoms. The topological polar surface area (TPSA) is 0 Å². The highest BCUT2D eigenvalue weighted by atomic mass is 14.3. The van der Waals surface area contributed by atoms with Gasteiger partial charge in [0, 0.05) is 0 Å². The zero-order chi connectivity index (χ0) is 34.8. The number of rotatable bonds is 3. The molecular formula is C53H32. The smallest absolute Gasteiger partial charge is 0.000719 e. The van der Waals surface area contributed by atoms with Crippen molar-refractivity contribution in [3.8, 4) is 33.4 Å². The summed E-state index contributed by atoms with van der Waals surface area (Å²) in [4.78, 5) is 0. The first-order valence-electron chi connectivity index (χ1n) is 18.6. The number of benzene rings is 10. The van der Waals surface area contributed by atoms with Crippen molar-refractivity contribution in [2.45, 2.75) is 6.92 Å². The molecule has 12 aromatic carbocycles. The predicted octanol–water partition coefficient (Wildman–Crippen LogP) is 15.1. The Morgan fingerprint density at radius 3 is 1.55 bits per heavy atom. The molecule has 0 aliphatic heterocycles. The maximum Gasteiger partial charge on any atom is -0.000719 e. The Balaban J connectivity index is 1.37. The molecule has 0 radical (unpaired) electrons. The molecule has 0 aliphatic carbocycles. The largest absolute Gasteiger partial charge is 0.0622 e. The molecule has 0 nitrogen and oxygen atoms in total. The van der Waals surface area contributed by atoms with E-state index in [9.17, 15) is 0 Å². The van der Waals surface area contributed by atoms with Crippen LogP contribution in [0, 0.1) is 6.92 Å². The SMILES string of the molecule is Cc1ccc2ccccc2c1-c1ccc2c3c(-c4ccccc4)c4cc5c6ccccc6c6cccc(c4c(-c4ccccc4)c3c3cccc1c23)c65. The van der Waals surface area contributed by atoms with Gasteiger partial charge in [-0.25, -0.2) is 0 Å². The van der Waals surface area contributed by atoms with Crippen molar-refractivity contribution < 1.29 is 0 Å². The molecule has 0 saturated heterocycles. The minimum absolute atomic E-state index is 1.25. The molecule has 0 heteroatoms. The fourth-order valence-corrected chi connectivity index (χ4v) is 9.97. The van der Waals surface area contributed by atoms with E-state index in [4.69, 9.17) is 0 Å². The molecule has 0 aliphatic rings. The second-order valence-corrected chi connectivity index (χ2v) is 14.7. The molecule has 0 aromatic heterocycles. The summed E-state index contributed by atoms with van der Waals surface area (Å²) < 4.78 is 0. The second-order valence-electron chi connectivity index (χ2n) is 14.7. The Bertz CT molecular complexity index is 3430. The average Bonchev–Trinajstić information content (AvgIpc) is 3.72. The third kappa shape index (κ3) is 3.80. The van der Waals surface area contributed by atoms with Crippen LogP contribution in [0.5, 0.6) is 0 Å². The molecule has 12 rings (SSSR count). The number of aryl methyl sites for hydroxylation is 1. The summed E-state index contributed by atoms with van der Waals surface area (Å²) >= 11 is 0. The van der Waals surface area contributed by atoms with Gasteiger partial charge in [-0.2, -0.15) is 0 Å². The van der Waals surface area contributed by atoms with Crippen LogP contribution in [-0.2, 0) is 0 Å². The van der Waals surface area contributed by atoms with Crippen molar-refractivity contribution >= 4 is 86.2 Å². The Labute approximate surface area is 306 Å². The number of fused-ring (bicyclic) bond motifs is 9. The minimum atomic E-state index is 1.25. The summed E-state index contributed by atoms with van der Waals surface area (Å²) in [5.74, 6) is 0. The Kier molecular flexibility index (Phi) is 5.80. The summed E-state index contributed by atoms with van der Waals surface area (Å²) in [6, 6.07) is 65.9. The van der Waals surface area contributed by atoms with Crippen LogP contribution in [0.4, 0.5) is 0 Å². The summed E-state index contributed by atoms with van der Waals surface area (Å²) in [7, 11) is 0. The van der Waals surface area contributed by atoms with Crippen LogP contribution in [0.3, 0.4) is 0 Å². The Hall–Kier alpha value is -6.76. The van der Waals surface area contributed by atoms with E-state index in [0.717, 1.165) is 0 Å². The van der Waals surface area contributed by atoms with Gasteiger partial charge in [0.2, 0.25) is 0 Å². The lowest BCUT2D eigenvalue weighted by atomic mass is 9.84. The fraction of sp³-hybridized carbons (Fsp3) is 0.0189. The average molecular weight is 669 g/mol. The molecule has 12 aromatic rings. The highest BCUT2D eigenvalue weighted by Crippen LogP contribution is 2.55. The van der Waals surface area contributed by atoms with Gasteiger partial charge >= 0.3 is 0 Å². The van der Waals surface area contributed by atoms with E-state index in [1.165, 1.54) is 125 Å². The zero-order valence-corrected chi connectivity index (χ0v) is 29.2. The van der Waals surface area contributed by atoms with Gasteiger partial charge in [0.1, 0.15) is 0 Å². The summed E-state index contributed by atoms with van der Waals surface area (Å²) in [6.07, 6.45) is 0. The number of hydrogen-bond acceptors (Lipinski definition) is 0. The van der Waals surface area contributed by atoms with E-state index < -0.39 is 0 Å². The van der Waals surface area contributed by atoms with E-state index in [2.05, 4.69) is 183 Å². The van der Waals surface area contributed by atoms with Crippen LogP contribution >= 0.6 is 0 Å². The lowest BCUT2D eigenvalue weighted by molar-refractivity contribution is 1.50. The van der Waals surface area contributed by atoms with Crippen LogP contribution in [0.2, 0.25) is 0 Å². The van der Waals surface area contributed by atoms with Gasteiger partial charge in [-0.15, -0.1) is 0 Å². The first kappa shape index (κ1) is 28.9. The monoisotopic (exact) mass is 668 g/mol. The standard InChI is InChI=1S/C53H32/c1-31-26-27-32-14-8-9-19-35(32)46(31)40-28-29-43-49-39(40)23-13-25-42(49)53-48(34-17-6-3-7-18-34)51-41-24-12-22-38-36-20-10-11-21-37(36)44(50(38)41)30-45(51)47(52(43)53)33-15-4-2-5-16-33/h2-30H,1H3. The molecule has 0 amide bonds. The second kappa shape index (κ2) is 10.6. The van der Waals surface area contributed by atoms with Gasteiger partial charge in [0.15, 0.2) is 0 Å². The molecule has 0 spiro atoms. The zero-order valence-electron chi connectivity index (χ0n) is 29.2. The van der Waals surface area contributed by atoms with Crippen LogP contribution in [0.1, 0.15) is 5.56 Å². The predicted molar refractivity (Wildman–Crippen MR) is 230 cm³/mol. The molecule has 53 heavy (non-hydrogen) atoms. The van der Waals surface area contributed by atoms with Gasteiger partial charge in [-0.1, -0.05) is 170 Å². The molecule has 0 heterocycles. The van der Waals surface area contributed by atoms with Crippen molar-refractivity contribution in [2.75, 3.05) is 0 Å². The Morgan fingerprint density at radius 1 is 0.264 bits per heavy atom. The quantitative estimate of drug-likeness (QED) is 0.164. The van der Waals surface area contributed by atoms with Crippen LogP contribution < -0.4 is 0 Å². The van der Waals surface area contributed by atoms with Crippen molar-refractivity contribution in [3.63, 3.8) is 0 Å². The van der Waals surface area contributed by atoms with Crippen LogP contribution in [0.15, 0.2) is 176 Å². The third-order valence-electron chi connectivity index (χ3n) is 12.0. The third-order valence-corrected chi connectivity index (χ3v) is 12.0. The highest BCUT2D eigenvalue weighted by molar-refractivity contribution is 6.45. The van der Waals surface area contributed by atoms with E-state index in [-0.39, 0.29) is 0 Å². The molecule has 0 atom stereocenters. The van der Waals surface area contributed by atoms with Crippen LogP contribution in [0.25, 0.3) is 120 Å². The van der Waals surface area contributed by atoms with Gasteiger partial charge in [0.05, 0.1) is 0 Å². The minimum Gasteiger partial charge on any atom is -0.0622 e. The highest BCUT2D eigenvalue weighted by Gasteiger charge is 2.27. The molecule has 0 fully saturated rings. The lowest BCUT2D eigenvalue weighted by Crippen LogP contribution is -1.91. The van der Waals surface area contributed by atoms with E-state index in [1.54, 1.807) is 0 Å². The number of hydrogen-bond donors (Lipinski definition) is 0. The van der Waals surface area contributed by atoms with Crippen molar-refractivity contribution in [1.82, 2.24) is 0 Å². The summed E-state index contributed by atoms with van der Waals surface area (Å²) in [5, 5.41) is 21.2. The molecule has 244 valence electrons. The fourth-order valence-electron chi connectivity index (χ4n) is 9.97. The maximum atomic E-state index is 2.52. The van der Waals surface area contributed by atoms with Gasteiger partial charge in [-0.3, -0.25) is 0 Å². The summed E-state index contributed by atoms with van der Waals surface area (Å²) in [5.41, 5.74) is 9.05. The van der Waals surface area contributed by atoms with Gasteiger partial charge in [0.25, 0.3) is 0 Å². The lowest BCUT2D eigenvalue weighted by Gasteiger charge is -2.19. The van der Waals surface area contributed by atoms with Crippen molar-refractivity contribution in [2.24, 2.45) is 0 Å². The van der Waals surface area contributed by atoms with Gasteiger partial charge in [-0.05, 0) is 138 Å². The summed E-state index contributed by atoms with van der Waals surface area (Å²) in [6.45, 7) is 2.26. The maximum absolute atomic E-state index is 2.52. The Morgan fingerprint density at radius 2 is 0.792 bits per heavy atom. The van der Waals surface area contributed by atoms with Gasteiger partial charge < -0.3 is 0 Å². The van der Waals surface area contributed by atoms with Crippen molar-refractivity contribution in [3.05, 3.63) is 181 Å². The van der Waals surface area contributed by atoms with E-state index in [1.807, 2.05) is 0 Å². The molecular weight excluding hydrogens is 637 g/mol. The van der Waals surface area contributed by atoms with Crippen LogP contribution in [-0.4, -0.2) is 0 Å². The van der Waals surface area contributed by atoms with Crippen molar-refractivity contribution in [1.29, 1.82) is 0 Å². The van der Waals surface area contributed by atoms with E-state index >= 15 is 0 Å². The first-order chi connectivity index (χ1) is 26.3. The normalized spacial score (nSPS) is 12.2. The molecule has 0 saturated carbocycles.